The number of esters is 1. The molecule has 0 radical (unpaired) electrons. The van der Waals surface area contributed by atoms with Crippen molar-refractivity contribution in [2.24, 2.45) is 0 Å². The molecule has 10 heteroatoms. The largest absolute Gasteiger partial charge is 0.468 e. The topological polar surface area (TPSA) is 101 Å². The minimum absolute atomic E-state index is 0.0863. The molecule has 0 saturated carbocycles. The maximum atomic E-state index is 13.5. The molecule has 164 valence electrons. The second-order valence-corrected chi connectivity index (χ2v) is 6.47. The Balaban J connectivity index is 2.36. The number of nitriles is 1. The normalized spacial score (nSPS) is 10.9. The summed E-state index contributed by atoms with van der Waals surface area (Å²) in [6.07, 6.45) is -4.82. The third-order valence-electron chi connectivity index (χ3n) is 4.14. The Morgan fingerprint density at radius 3 is 2.58 bits per heavy atom. The minimum atomic E-state index is -4.82. The van der Waals surface area contributed by atoms with E-state index < -0.39 is 42.2 Å². The van der Waals surface area contributed by atoms with Crippen molar-refractivity contribution in [2.75, 3.05) is 25.1 Å². The third-order valence-corrected chi connectivity index (χ3v) is 4.14. The van der Waals surface area contributed by atoms with Gasteiger partial charge in [-0.3, -0.25) is 9.59 Å². The maximum Gasteiger partial charge on any atom is 0.417 e. The van der Waals surface area contributed by atoms with Gasteiger partial charge in [-0.2, -0.15) is 18.4 Å². The summed E-state index contributed by atoms with van der Waals surface area (Å²) in [5, 5.41) is 11.8. The summed E-state index contributed by atoms with van der Waals surface area (Å²) in [4.78, 5) is 28.4. The number of benzene rings is 1. The van der Waals surface area contributed by atoms with Crippen LogP contribution in [0.2, 0.25) is 0 Å². The van der Waals surface area contributed by atoms with E-state index in [1.54, 1.807) is 26.8 Å². The van der Waals surface area contributed by atoms with Crippen LogP contribution in [0.5, 0.6) is 5.88 Å². The van der Waals surface area contributed by atoms with E-state index in [1.165, 1.54) is 6.07 Å². The van der Waals surface area contributed by atoms with Gasteiger partial charge in [0.2, 0.25) is 11.7 Å². The number of anilines is 1. The fourth-order valence-corrected chi connectivity index (χ4v) is 2.86. The number of hydrogen-bond donors (Lipinski definition) is 1. The molecule has 0 fully saturated rings. The lowest BCUT2D eigenvalue weighted by Crippen LogP contribution is -2.23. The average molecular weight is 435 g/mol. The number of rotatable bonds is 8. The first-order valence-electron chi connectivity index (χ1n) is 9.22. The maximum absolute atomic E-state index is 13.5. The van der Waals surface area contributed by atoms with Gasteiger partial charge in [0.15, 0.2) is 6.61 Å². The molecule has 0 atom stereocenters. The van der Waals surface area contributed by atoms with Crippen LogP contribution >= 0.6 is 0 Å². The van der Waals surface area contributed by atoms with Crippen molar-refractivity contribution in [3.05, 3.63) is 52.2 Å². The number of nitrogens with zero attached hydrogens (tertiary/aromatic N) is 2. The Hall–Kier alpha value is -3.61. The fourth-order valence-electron chi connectivity index (χ4n) is 2.86. The lowest BCUT2D eigenvalue weighted by molar-refractivity contribution is -0.141. The number of nitrogens with one attached hydrogen (secondary N) is 1. The number of alkyl halides is 3. The van der Waals surface area contributed by atoms with Gasteiger partial charge in [0.1, 0.15) is 18.2 Å². The lowest BCUT2D eigenvalue weighted by atomic mass is 10.0. The van der Waals surface area contributed by atoms with E-state index in [1.807, 2.05) is 6.07 Å². The van der Waals surface area contributed by atoms with E-state index in [0.29, 0.717) is 11.3 Å². The molecule has 7 nitrogen and oxygen atoms in total. The molecule has 1 aromatic heterocycles. The zero-order valence-corrected chi connectivity index (χ0v) is 17.1. The van der Waals surface area contributed by atoms with Gasteiger partial charge >= 0.3 is 12.1 Å². The van der Waals surface area contributed by atoms with Gasteiger partial charge in [0.25, 0.3) is 0 Å². The first-order valence-corrected chi connectivity index (χ1v) is 9.22. The SMILES string of the molecule is CCOC(=O)CNc1cccc(C(F)(F)F)c1C(=O)COc1nc(C)cc(C)c1C#N. The molecule has 0 unspecified atom stereocenters. The Morgan fingerprint density at radius 1 is 1.26 bits per heavy atom. The van der Waals surface area contributed by atoms with Crippen molar-refractivity contribution in [3.63, 3.8) is 0 Å². The van der Waals surface area contributed by atoms with Crippen LogP contribution in [0.15, 0.2) is 24.3 Å². The minimum Gasteiger partial charge on any atom is -0.468 e. The Morgan fingerprint density at radius 2 is 1.97 bits per heavy atom. The Labute approximate surface area is 176 Å². The Bertz CT molecular complexity index is 1030. The Kier molecular flexibility index (Phi) is 7.58. The molecule has 2 rings (SSSR count). The summed E-state index contributed by atoms with van der Waals surface area (Å²) in [6.45, 7) is 3.79. The molecule has 1 N–H and O–H groups in total. The molecule has 1 heterocycles. The van der Waals surface area contributed by atoms with Crippen molar-refractivity contribution < 1.29 is 32.2 Å². The highest BCUT2D eigenvalue weighted by atomic mass is 19.4. The van der Waals surface area contributed by atoms with Gasteiger partial charge in [-0.25, -0.2) is 4.98 Å². The van der Waals surface area contributed by atoms with Crippen LogP contribution in [0.3, 0.4) is 0 Å². The van der Waals surface area contributed by atoms with Crippen molar-refractivity contribution in [3.8, 4) is 11.9 Å². The van der Waals surface area contributed by atoms with Gasteiger partial charge in [-0.15, -0.1) is 0 Å². The van der Waals surface area contributed by atoms with E-state index in [2.05, 4.69) is 10.3 Å². The highest BCUT2D eigenvalue weighted by Gasteiger charge is 2.36. The highest BCUT2D eigenvalue weighted by molar-refractivity contribution is 6.04. The molecule has 1 aromatic carbocycles. The molecule has 0 aliphatic rings. The summed E-state index contributed by atoms with van der Waals surface area (Å²) in [5.41, 5.74) is -0.879. The number of ether oxygens (including phenoxy) is 2. The fraction of sp³-hybridized carbons (Fsp3) is 0.333. The van der Waals surface area contributed by atoms with Crippen molar-refractivity contribution in [2.45, 2.75) is 26.9 Å². The van der Waals surface area contributed by atoms with Crippen LogP contribution < -0.4 is 10.1 Å². The smallest absolute Gasteiger partial charge is 0.417 e. The second kappa shape index (κ2) is 9.93. The molecule has 0 spiro atoms. The number of aromatic nitrogens is 1. The average Bonchev–Trinajstić information content (AvgIpc) is 2.69. The van der Waals surface area contributed by atoms with Crippen LogP contribution in [0.4, 0.5) is 18.9 Å². The number of carbonyl (C=O) groups excluding carboxylic acids is 2. The van der Waals surface area contributed by atoms with E-state index in [9.17, 15) is 28.0 Å². The first kappa shape index (κ1) is 23.7. The van der Waals surface area contributed by atoms with E-state index in [-0.39, 0.29) is 23.7 Å². The molecule has 0 saturated heterocycles. The molecule has 0 aliphatic carbocycles. The van der Waals surface area contributed by atoms with Crippen LogP contribution in [0, 0.1) is 25.2 Å². The van der Waals surface area contributed by atoms with Crippen LogP contribution in [0.25, 0.3) is 0 Å². The number of aryl methyl sites for hydroxylation is 2. The van der Waals surface area contributed by atoms with E-state index >= 15 is 0 Å². The van der Waals surface area contributed by atoms with Crippen LogP contribution in [-0.4, -0.2) is 36.5 Å². The van der Waals surface area contributed by atoms with E-state index in [0.717, 1.165) is 12.1 Å². The standard InChI is InChI=1S/C21H20F3N3O4/c1-4-30-18(29)10-26-16-7-5-6-15(21(22,23)24)19(16)17(28)11-31-20-14(9-25)12(2)8-13(3)27-20/h5-8,26H,4,10-11H2,1-3H3. The van der Waals surface area contributed by atoms with Gasteiger partial charge < -0.3 is 14.8 Å². The number of ketones is 1. The summed E-state index contributed by atoms with van der Waals surface area (Å²) in [7, 11) is 0. The quantitative estimate of drug-likeness (QED) is 0.497. The van der Waals surface area contributed by atoms with Crippen molar-refractivity contribution in [1.29, 1.82) is 5.26 Å². The number of Topliss-reactive ketones (excluding diaryl/α,β-unsaturated/α-hetero) is 1. The molecular weight excluding hydrogens is 415 g/mol. The van der Waals surface area contributed by atoms with Gasteiger partial charge in [-0.05, 0) is 44.5 Å². The second-order valence-electron chi connectivity index (χ2n) is 6.47. The number of halogens is 3. The summed E-state index contributed by atoms with van der Waals surface area (Å²) < 4.78 is 50.7. The predicted octanol–water partition coefficient (Wildman–Crippen LogP) is 3.83. The van der Waals surface area contributed by atoms with Gasteiger partial charge in [0.05, 0.1) is 17.7 Å². The molecule has 0 bridgehead atoms. The lowest BCUT2D eigenvalue weighted by Gasteiger charge is -2.17. The predicted molar refractivity (Wildman–Crippen MR) is 105 cm³/mol. The van der Waals surface area contributed by atoms with Crippen molar-refractivity contribution >= 4 is 17.4 Å². The van der Waals surface area contributed by atoms with Gasteiger partial charge in [0, 0.05) is 11.4 Å². The zero-order chi connectivity index (χ0) is 23.2. The van der Waals surface area contributed by atoms with E-state index in [4.69, 9.17) is 9.47 Å². The first-order chi connectivity index (χ1) is 14.6. The summed E-state index contributed by atoms with van der Waals surface area (Å²) in [6, 6.07) is 6.67. The van der Waals surface area contributed by atoms with Crippen LogP contribution in [-0.2, 0) is 15.7 Å². The third kappa shape index (κ3) is 5.94. The molecule has 0 amide bonds. The number of pyridine rings is 1. The van der Waals surface area contributed by atoms with Gasteiger partial charge in [-0.1, -0.05) is 6.07 Å². The molecular formula is C21H20F3N3O4. The molecule has 2 aromatic rings. The summed E-state index contributed by atoms with van der Waals surface area (Å²) in [5.74, 6) is -1.82. The molecule has 31 heavy (non-hydrogen) atoms. The number of hydrogen-bond acceptors (Lipinski definition) is 7. The number of carbonyl (C=O) groups is 2. The molecule has 0 aliphatic heterocycles. The monoisotopic (exact) mass is 435 g/mol. The van der Waals surface area contributed by atoms with Crippen LogP contribution in [0.1, 0.15) is 39.7 Å². The zero-order valence-electron chi connectivity index (χ0n) is 17.1. The summed E-state index contributed by atoms with van der Waals surface area (Å²) >= 11 is 0. The van der Waals surface area contributed by atoms with Crippen molar-refractivity contribution in [1.82, 2.24) is 4.98 Å². The highest BCUT2D eigenvalue weighted by Crippen LogP contribution is 2.35.